The minimum Gasteiger partial charge on any atom is -0.495 e. The van der Waals surface area contributed by atoms with Crippen LogP contribution in [0.4, 0.5) is 0 Å². The topological polar surface area (TPSA) is 72.9 Å². The molecular formula is C22H22ClNO5. The first kappa shape index (κ1) is 20.9. The first-order valence-corrected chi connectivity index (χ1v) is 9.66. The van der Waals surface area contributed by atoms with Crippen LogP contribution >= 0.6 is 11.6 Å². The third-order valence-electron chi connectivity index (χ3n) is 5.06. The van der Waals surface area contributed by atoms with Gasteiger partial charge in [-0.2, -0.15) is 0 Å². The van der Waals surface area contributed by atoms with Gasteiger partial charge in [-0.25, -0.2) is 0 Å². The Morgan fingerprint density at radius 2 is 1.93 bits per heavy atom. The fraction of sp³-hybridized carbons (Fsp3) is 0.318. The number of amides is 1. The summed E-state index contributed by atoms with van der Waals surface area (Å²) in [6.07, 6.45) is 0.0819. The van der Waals surface area contributed by atoms with Crippen LogP contribution in [-0.4, -0.2) is 42.8 Å². The van der Waals surface area contributed by atoms with Crippen molar-refractivity contribution in [3.63, 3.8) is 0 Å². The molecule has 29 heavy (non-hydrogen) atoms. The van der Waals surface area contributed by atoms with Crippen LogP contribution in [0.3, 0.4) is 0 Å². The SMILES string of the molecule is COc1ccc(C(=O)COC(=O)[C@@H]2CC(=O)N([C@@H](C)c3ccccc3)C2)cc1Cl. The maximum atomic E-state index is 12.4. The normalized spacial score (nSPS) is 17.1. The van der Waals surface area contributed by atoms with Gasteiger partial charge in [0.1, 0.15) is 5.75 Å². The number of nitrogens with zero attached hydrogens (tertiary/aromatic N) is 1. The monoisotopic (exact) mass is 415 g/mol. The van der Waals surface area contributed by atoms with E-state index in [1.807, 2.05) is 37.3 Å². The molecule has 2 aromatic rings. The molecule has 1 heterocycles. The maximum absolute atomic E-state index is 12.4. The van der Waals surface area contributed by atoms with E-state index in [9.17, 15) is 14.4 Å². The molecule has 2 aromatic carbocycles. The van der Waals surface area contributed by atoms with E-state index in [0.717, 1.165) is 5.56 Å². The first-order valence-electron chi connectivity index (χ1n) is 9.28. The second-order valence-electron chi connectivity index (χ2n) is 6.91. The predicted molar refractivity (Wildman–Crippen MR) is 108 cm³/mol. The van der Waals surface area contributed by atoms with Gasteiger partial charge in [-0.05, 0) is 30.7 Å². The molecule has 0 spiro atoms. The summed E-state index contributed by atoms with van der Waals surface area (Å²) in [7, 11) is 1.48. The van der Waals surface area contributed by atoms with Crippen LogP contribution in [0.5, 0.6) is 5.75 Å². The largest absolute Gasteiger partial charge is 0.495 e. The molecule has 0 N–H and O–H groups in total. The molecule has 0 aromatic heterocycles. The van der Waals surface area contributed by atoms with E-state index in [4.69, 9.17) is 21.1 Å². The number of benzene rings is 2. The molecule has 1 amide bonds. The van der Waals surface area contributed by atoms with Gasteiger partial charge in [-0.3, -0.25) is 14.4 Å². The Hall–Kier alpha value is -2.86. The number of ether oxygens (including phenoxy) is 2. The Balaban J connectivity index is 1.57. The number of Topliss-reactive ketones (excluding diaryl/α,β-unsaturated/α-hetero) is 1. The van der Waals surface area contributed by atoms with Crippen LogP contribution in [0.25, 0.3) is 0 Å². The van der Waals surface area contributed by atoms with Crippen LogP contribution in [0, 0.1) is 5.92 Å². The Labute approximate surface area is 174 Å². The molecular weight excluding hydrogens is 394 g/mol. The minimum atomic E-state index is -0.582. The van der Waals surface area contributed by atoms with E-state index in [1.165, 1.54) is 13.2 Å². The van der Waals surface area contributed by atoms with Gasteiger partial charge in [0, 0.05) is 18.5 Å². The highest BCUT2D eigenvalue weighted by molar-refractivity contribution is 6.32. The summed E-state index contributed by atoms with van der Waals surface area (Å²) >= 11 is 6.02. The third-order valence-corrected chi connectivity index (χ3v) is 5.36. The molecule has 7 heteroatoms. The summed E-state index contributed by atoms with van der Waals surface area (Å²) in [5.74, 6) is -1.15. The summed E-state index contributed by atoms with van der Waals surface area (Å²) in [5.41, 5.74) is 1.33. The lowest BCUT2D eigenvalue weighted by Gasteiger charge is -2.25. The van der Waals surface area contributed by atoms with Gasteiger partial charge >= 0.3 is 5.97 Å². The van der Waals surface area contributed by atoms with Gasteiger partial charge in [-0.15, -0.1) is 0 Å². The van der Waals surface area contributed by atoms with Gasteiger partial charge in [0.15, 0.2) is 12.4 Å². The Kier molecular flexibility index (Phi) is 6.54. The molecule has 0 radical (unpaired) electrons. The lowest BCUT2D eigenvalue weighted by molar-refractivity contribution is -0.147. The molecule has 3 rings (SSSR count). The summed E-state index contributed by atoms with van der Waals surface area (Å²) in [5, 5.41) is 0.302. The standard InChI is InChI=1S/C22H22ClNO5/c1-14(15-6-4-3-5-7-15)24-12-17(11-21(24)26)22(27)29-13-19(25)16-8-9-20(28-2)18(23)10-16/h3-10,14,17H,11-13H2,1-2H3/t14-,17+/m0/s1. The molecule has 0 unspecified atom stereocenters. The number of esters is 1. The van der Waals surface area contributed by atoms with E-state index in [0.29, 0.717) is 16.3 Å². The summed E-state index contributed by atoms with van der Waals surface area (Å²) in [4.78, 5) is 38.7. The number of methoxy groups -OCH3 is 1. The molecule has 6 nitrogen and oxygen atoms in total. The fourth-order valence-corrected chi connectivity index (χ4v) is 3.61. The zero-order valence-corrected chi connectivity index (χ0v) is 17.0. The van der Waals surface area contributed by atoms with Gasteiger partial charge in [0.25, 0.3) is 0 Å². The van der Waals surface area contributed by atoms with Crippen LogP contribution in [0.2, 0.25) is 5.02 Å². The van der Waals surface area contributed by atoms with Crippen molar-refractivity contribution in [2.24, 2.45) is 5.92 Å². The highest BCUT2D eigenvalue weighted by Gasteiger charge is 2.38. The molecule has 1 saturated heterocycles. The molecule has 152 valence electrons. The van der Waals surface area contributed by atoms with Crippen molar-refractivity contribution in [3.8, 4) is 5.75 Å². The number of likely N-dealkylation sites (tertiary alicyclic amines) is 1. The van der Waals surface area contributed by atoms with Crippen molar-refractivity contribution in [1.29, 1.82) is 0 Å². The Morgan fingerprint density at radius 1 is 1.21 bits per heavy atom. The summed E-state index contributed by atoms with van der Waals surface area (Å²) in [6.45, 7) is 1.80. The fourth-order valence-electron chi connectivity index (χ4n) is 3.35. The average molecular weight is 416 g/mol. The van der Waals surface area contributed by atoms with E-state index in [1.54, 1.807) is 17.0 Å². The van der Waals surface area contributed by atoms with Gasteiger partial charge in [0.05, 0.1) is 24.1 Å². The highest BCUT2D eigenvalue weighted by Crippen LogP contribution is 2.29. The number of ketones is 1. The number of hydrogen-bond donors (Lipinski definition) is 0. The van der Waals surface area contributed by atoms with Crippen LogP contribution in [0.15, 0.2) is 48.5 Å². The second kappa shape index (κ2) is 9.09. The summed E-state index contributed by atoms with van der Waals surface area (Å²) < 4.78 is 10.2. The van der Waals surface area contributed by atoms with Crippen molar-refractivity contribution < 1.29 is 23.9 Å². The number of carbonyl (C=O) groups excluding carboxylic acids is 3. The van der Waals surface area contributed by atoms with Crippen molar-refractivity contribution in [2.75, 3.05) is 20.3 Å². The Bertz CT molecular complexity index is 915. The number of carbonyl (C=O) groups is 3. The van der Waals surface area contributed by atoms with Crippen LogP contribution in [0.1, 0.15) is 35.3 Å². The summed E-state index contributed by atoms with van der Waals surface area (Å²) in [6, 6.07) is 14.1. The van der Waals surface area contributed by atoms with Gasteiger partial charge < -0.3 is 14.4 Å². The van der Waals surface area contributed by atoms with E-state index >= 15 is 0 Å². The van der Waals surface area contributed by atoms with Crippen molar-refractivity contribution in [1.82, 2.24) is 4.90 Å². The molecule has 1 fully saturated rings. The molecule has 0 aliphatic carbocycles. The predicted octanol–water partition coefficient (Wildman–Crippen LogP) is 3.68. The number of rotatable bonds is 7. The van der Waals surface area contributed by atoms with E-state index in [2.05, 4.69) is 0 Å². The highest BCUT2D eigenvalue weighted by atomic mass is 35.5. The zero-order valence-electron chi connectivity index (χ0n) is 16.3. The molecule has 2 atom stereocenters. The van der Waals surface area contributed by atoms with Crippen LogP contribution in [-0.2, 0) is 14.3 Å². The van der Waals surface area contributed by atoms with Crippen molar-refractivity contribution >= 4 is 29.3 Å². The number of halogens is 1. The molecule has 1 aliphatic heterocycles. The van der Waals surface area contributed by atoms with Crippen LogP contribution < -0.4 is 4.74 Å². The molecule has 1 aliphatic rings. The lowest BCUT2D eigenvalue weighted by Crippen LogP contribution is -2.30. The quantitative estimate of drug-likeness (QED) is 0.509. The van der Waals surface area contributed by atoms with E-state index in [-0.39, 0.29) is 30.7 Å². The minimum absolute atomic E-state index is 0.0819. The van der Waals surface area contributed by atoms with Crippen molar-refractivity contribution in [3.05, 3.63) is 64.7 Å². The average Bonchev–Trinajstić information content (AvgIpc) is 3.13. The lowest BCUT2D eigenvalue weighted by atomic mass is 10.1. The number of hydrogen-bond acceptors (Lipinski definition) is 5. The second-order valence-corrected chi connectivity index (χ2v) is 7.32. The Morgan fingerprint density at radius 3 is 2.59 bits per heavy atom. The van der Waals surface area contributed by atoms with Gasteiger partial charge in [-0.1, -0.05) is 41.9 Å². The van der Waals surface area contributed by atoms with Gasteiger partial charge in [0.2, 0.25) is 5.91 Å². The third kappa shape index (κ3) is 4.77. The first-order chi connectivity index (χ1) is 13.9. The zero-order chi connectivity index (χ0) is 21.0. The molecule has 0 saturated carbocycles. The van der Waals surface area contributed by atoms with Crippen molar-refractivity contribution in [2.45, 2.75) is 19.4 Å². The maximum Gasteiger partial charge on any atom is 0.311 e. The smallest absolute Gasteiger partial charge is 0.311 e. The van der Waals surface area contributed by atoms with E-state index < -0.39 is 18.5 Å². The molecule has 0 bridgehead atoms.